The molecule has 1 saturated heterocycles. The molecule has 1 aliphatic carbocycles. The van der Waals surface area contributed by atoms with Crippen molar-refractivity contribution >= 4 is 23.5 Å². The Morgan fingerprint density at radius 3 is 1.89 bits per heavy atom. The molecule has 3 aromatic rings. The average molecular weight is 480 g/mol. The van der Waals surface area contributed by atoms with Crippen molar-refractivity contribution in [1.29, 1.82) is 0 Å². The Labute approximate surface area is 213 Å². The molecule has 0 radical (unpaired) electrons. The van der Waals surface area contributed by atoms with Crippen LogP contribution in [0.4, 0.5) is 0 Å². The molecule has 2 atom stereocenters. The highest BCUT2D eigenvalue weighted by atomic mass is 16.5. The van der Waals surface area contributed by atoms with Gasteiger partial charge in [-0.3, -0.25) is 9.69 Å². The molecule has 0 saturated carbocycles. The van der Waals surface area contributed by atoms with Gasteiger partial charge in [0.05, 0.1) is 0 Å². The van der Waals surface area contributed by atoms with Gasteiger partial charge in [-0.15, -0.1) is 0 Å². The summed E-state index contributed by atoms with van der Waals surface area (Å²) in [6.45, 7) is 1.71. The maximum absolute atomic E-state index is 12.9. The van der Waals surface area contributed by atoms with Crippen LogP contribution in [0, 0.1) is 0 Å². The third-order valence-corrected chi connectivity index (χ3v) is 7.36. The first-order valence-corrected chi connectivity index (χ1v) is 12.7. The van der Waals surface area contributed by atoms with Crippen molar-refractivity contribution in [3.63, 3.8) is 0 Å². The average Bonchev–Trinajstić information content (AvgIpc) is 3.10. The van der Waals surface area contributed by atoms with Crippen molar-refractivity contribution in [2.24, 2.45) is 0 Å². The standard InChI is InChI=1S/C32H33NO3/c1-35-30(22-29(34)25-12-4-3-5-13-25)32(36-2)33-20-18-26(19-21-33)31-27-14-8-6-10-23(27)16-17-24-11-7-9-15-28(24)31/h3-17,30,32H,18-22H2,1-2H3. The number of nitrogens with zero attached hydrogens (tertiary/aromatic N) is 1. The van der Waals surface area contributed by atoms with E-state index in [2.05, 4.69) is 65.6 Å². The van der Waals surface area contributed by atoms with Crippen LogP contribution in [0.1, 0.15) is 51.9 Å². The second kappa shape index (κ2) is 11.2. The maximum atomic E-state index is 12.9. The number of likely N-dealkylation sites (tertiary alicyclic amines) is 1. The van der Waals surface area contributed by atoms with E-state index in [9.17, 15) is 4.79 Å². The minimum absolute atomic E-state index is 0.0727. The first kappa shape index (κ1) is 24.4. The summed E-state index contributed by atoms with van der Waals surface area (Å²) in [6, 6.07) is 26.8. The molecule has 1 fully saturated rings. The Morgan fingerprint density at radius 2 is 1.33 bits per heavy atom. The monoisotopic (exact) mass is 479 g/mol. The number of benzene rings is 3. The van der Waals surface area contributed by atoms with Gasteiger partial charge < -0.3 is 9.47 Å². The fraction of sp³-hybridized carbons (Fsp3) is 0.281. The van der Waals surface area contributed by atoms with Crippen LogP contribution in [0.3, 0.4) is 0 Å². The number of rotatable bonds is 7. The van der Waals surface area contributed by atoms with E-state index in [1.807, 2.05) is 30.3 Å². The van der Waals surface area contributed by atoms with Gasteiger partial charge in [0.25, 0.3) is 0 Å². The molecule has 184 valence electrons. The van der Waals surface area contributed by atoms with Gasteiger partial charge in [0.2, 0.25) is 0 Å². The van der Waals surface area contributed by atoms with Gasteiger partial charge in [0, 0.05) is 39.3 Å². The van der Waals surface area contributed by atoms with E-state index in [1.54, 1.807) is 14.2 Å². The van der Waals surface area contributed by atoms with Crippen LogP contribution >= 0.6 is 0 Å². The number of carbonyl (C=O) groups is 1. The molecule has 0 aromatic heterocycles. The molecule has 3 aromatic carbocycles. The van der Waals surface area contributed by atoms with Crippen LogP contribution < -0.4 is 0 Å². The van der Waals surface area contributed by atoms with Gasteiger partial charge in [-0.2, -0.15) is 0 Å². The molecule has 0 amide bonds. The maximum Gasteiger partial charge on any atom is 0.165 e. The molecule has 1 heterocycles. The lowest BCUT2D eigenvalue weighted by atomic mass is 9.86. The van der Waals surface area contributed by atoms with Crippen molar-refractivity contribution in [3.8, 4) is 0 Å². The summed E-state index contributed by atoms with van der Waals surface area (Å²) in [5, 5.41) is 0. The molecule has 36 heavy (non-hydrogen) atoms. The summed E-state index contributed by atoms with van der Waals surface area (Å²) in [7, 11) is 3.37. The summed E-state index contributed by atoms with van der Waals surface area (Å²) >= 11 is 0. The van der Waals surface area contributed by atoms with Crippen LogP contribution in [0.15, 0.2) is 84.4 Å². The number of carbonyl (C=O) groups excluding carboxylic acids is 1. The number of hydrogen-bond acceptors (Lipinski definition) is 4. The fourth-order valence-corrected chi connectivity index (χ4v) is 5.51. The van der Waals surface area contributed by atoms with Gasteiger partial charge in [-0.25, -0.2) is 0 Å². The molecule has 0 spiro atoms. The Bertz CT molecular complexity index is 1220. The van der Waals surface area contributed by atoms with Crippen molar-refractivity contribution in [2.45, 2.75) is 31.6 Å². The Morgan fingerprint density at radius 1 is 0.778 bits per heavy atom. The molecule has 5 rings (SSSR count). The summed E-state index contributed by atoms with van der Waals surface area (Å²) in [5.74, 6) is 0.0727. The van der Waals surface area contributed by atoms with Crippen LogP contribution in [0.5, 0.6) is 0 Å². The third-order valence-electron chi connectivity index (χ3n) is 7.36. The van der Waals surface area contributed by atoms with Crippen LogP contribution in [0.25, 0.3) is 17.7 Å². The summed E-state index contributed by atoms with van der Waals surface area (Å²) < 4.78 is 11.7. The van der Waals surface area contributed by atoms with E-state index in [4.69, 9.17) is 9.47 Å². The zero-order valence-electron chi connectivity index (χ0n) is 21.0. The summed E-state index contributed by atoms with van der Waals surface area (Å²) in [4.78, 5) is 15.2. The Balaban J connectivity index is 1.38. The third kappa shape index (κ3) is 4.98. The van der Waals surface area contributed by atoms with Crippen molar-refractivity contribution < 1.29 is 14.3 Å². The molecular weight excluding hydrogens is 446 g/mol. The summed E-state index contributed by atoms with van der Waals surface area (Å²) in [6.07, 6.45) is 6.03. The molecule has 0 N–H and O–H groups in total. The van der Waals surface area contributed by atoms with Crippen molar-refractivity contribution in [3.05, 3.63) is 112 Å². The normalized spacial score (nSPS) is 17.2. The van der Waals surface area contributed by atoms with Crippen LogP contribution in [-0.2, 0) is 9.47 Å². The van der Waals surface area contributed by atoms with E-state index in [1.165, 1.54) is 33.4 Å². The first-order chi connectivity index (χ1) is 17.7. The van der Waals surface area contributed by atoms with Gasteiger partial charge >= 0.3 is 0 Å². The van der Waals surface area contributed by atoms with Gasteiger partial charge in [-0.05, 0) is 40.7 Å². The van der Waals surface area contributed by atoms with Crippen molar-refractivity contribution in [2.75, 3.05) is 27.3 Å². The first-order valence-electron chi connectivity index (χ1n) is 12.7. The number of fused-ring (bicyclic) bond motifs is 2. The predicted molar refractivity (Wildman–Crippen MR) is 146 cm³/mol. The summed E-state index contributed by atoms with van der Waals surface area (Å²) in [5.41, 5.74) is 8.66. The van der Waals surface area contributed by atoms with Crippen LogP contribution in [0.2, 0.25) is 0 Å². The zero-order valence-corrected chi connectivity index (χ0v) is 21.0. The predicted octanol–water partition coefficient (Wildman–Crippen LogP) is 6.33. The SMILES string of the molecule is COC(CC(=O)c1ccccc1)C(OC)N1CCC(=C2c3ccccc3C=Cc3ccccc32)CC1. The van der Waals surface area contributed by atoms with Crippen molar-refractivity contribution in [1.82, 2.24) is 4.90 Å². The number of piperidine rings is 1. The van der Waals surface area contributed by atoms with Crippen LogP contribution in [-0.4, -0.2) is 50.3 Å². The van der Waals surface area contributed by atoms with E-state index >= 15 is 0 Å². The lowest BCUT2D eigenvalue weighted by molar-refractivity contribution is -0.120. The molecule has 4 nitrogen and oxygen atoms in total. The topological polar surface area (TPSA) is 38.8 Å². The number of methoxy groups -OCH3 is 2. The molecule has 0 bridgehead atoms. The highest BCUT2D eigenvalue weighted by Gasteiger charge is 2.32. The van der Waals surface area contributed by atoms with E-state index < -0.39 is 0 Å². The highest BCUT2D eigenvalue weighted by Crippen LogP contribution is 2.39. The lowest BCUT2D eigenvalue weighted by Gasteiger charge is -2.38. The van der Waals surface area contributed by atoms with E-state index in [0.717, 1.165) is 25.9 Å². The highest BCUT2D eigenvalue weighted by molar-refractivity contribution is 5.96. The molecular formula is C32H33NO3. The number of hydrogen-bond donors (Lipinski definition) is 0. The largest absolute Gasteiger partial charge is 0.377 e. The number of ketones is 1. The molecule has 4 heteroatoms. The van der Waals surface area contributed by atoms with E-state index in [0.29, 0.717) is 5.56 Å². The minimum atomic E-state index is -0.333. The van der Waals surface area contributed by atoms with E-state index in [-0.39, 0.29) is 24.5 Å². The lowest BCUT2D eigenvalue weighted by Crippen LogP contribution is -2.49. The molecule has 1 aliphatic heterocycles. The molecule has 2 aliphatic rings. The Hall–Kier alpha value is -3.31. The van der Waals surface area contributed by atoms with Gasteiger partial charge in [-0.1, -0.05) is 96.6 Å². The number of ether oxygens (including phenoxy) is 2. The second-order valence-electron chi connectivity index (χ2n) is 9.42. The second-order valence-corrected chi connectivity index (χ2v) is 9.42. The Kier molecular flexibility index (Phi) is 7.57. The zero-order chi connectivity index (χ0) is 24.9. The van der Waals surface area contributed by atoms with Gasteiger partial charge in [0.15, 0.2) is 5.78 Å². The molecule has 2 unspecified atom stereocenters. The smallest absolute Gasteiger partial charge is 0.165 e. The quantitative estimate of drug-likeness (QED) is 0.291. The van der Waals surface area contributed by atoms with Gasteiger partial charge in [0.1, 0.15) is 12.3 Å². The number of Topliss-reactive ketones (excluding diaryl/α,β-unsaturated/α-hetero) is 1. The fourth-order valence-electron chi connectivity index (χ4n) is 5.51. The minimum Gasteiger partial charge on any atom is -0.377 e.